The second-order valence-corrected chi connectivity index (χ2v) is 2.33. The second kappa shape index (κ2) is 3.84. The Kier molecular flexibility index (Phi) is 2.37. The maximum absolute atomic E-state index is 9.23. The fourth-order valence-corrected chi connectivity index (χ4v) is 0.846. The summed E-state index contributed by atoms with van der Waals surface area (Å²) in [5, 5.41) is 9.23. The second-order valence-electron chi connectivity index (χ2n) is 2.33. The lowest BCUT2D eigenvalue weighted by Gasteiger charge is -2.05. The lowest BCUT2D eigenvalue weighted by molar-refractivity contribution is 0.280. The van der Waals surface area contributed by atoms with Crippen molar-refractivity contribution in [3.63, 3.8) is 0 Å². The van der Waals surface area contributed by atoms with Crippen molar-refractivity contribution in [3.05, 3.63) is 24.8 Å². The van der Waals surface area contributed by atoms with E-state index in [1.54, 1.807) is 12.4 Å². The number of H-pyrrole nitrogens is 2. The van der Waals surface area contributed by atoms with Gasteiger partial charge in [-0.3, -0.25) is 0 Å². The van der Waals surface area contributed by atoms with Crippen molar-refractivity contribution in [2.75, 3.05) is 0 Å². The predicted molar refractivity (Wildman–Crippen MR) is 46.4 cm³/mol. The summed E-state index contributed by atoms with van der Waals surface area (Å²) in [4.78, 5) is 12.8. The largest absolute Gasteiger partial charge is 0.789 e. The van der Waals surface area contributed by atoms with Crippen LogP contribution in [0.3, 0.4) is 0 Å². The van der Waals surface area contributed by atoms with Crippen LogP contribution in [0.5, 0.6) is 12.0 Å². The van der Waals surface area contributed by atoms with Gasteiger partial charge in [-0.1, -0.05) is 0 Å². The Balaban J connectivity index is 1.88. The molecule has 0 aliphatic carbocycles. The fourth-order valence-electron chi connectivity index (χ4n) is 0.846. The van der Waals surface area contributed by atoms with Gasteiger partial charge in [0.15, 0.2) is 0 Å². The zero-order valence-electron chi connectivity index (χ0n) is 7.04. The van der Waals surface area contributed by atoms with Crippen molar-refractivity contribution < 1.29 is 14.3 Å². The molecule has 0 bridgehead atoms. The molecule has 0 aromatic carbocycles. The van der Waals surface area contributed by atoms with Crippen LogP contribution in [0.1, 0.15) is 0 Å². The monoisotopic (exact) mass is 194 g/mol. The number of nitrogens with one attached hydrogen (secondary N) is 2. The van der Waals surface area contributed by atoms with Gasteiger partial charge in [-0.15, -0.1) is 0 Å². The molecule has 7 nitrogen and oxygen atoms in total. The van der Waals surface area contributed by atoms with Crippen LogP contribution in [0, 0.1) is 0 Å². The number of hydrogen-bond acceptors (Lipinski definition) is 5. The van der Waals surface area contributed by atoms with Gasteiger partial charge >= 0.3 is 7.32 Å². The van der Waals surface area contributed by atoms with Crippen LogP contribution in [-0.4, -0.2) is 32.3 Å². The molecule has 0 spiro atoms. The van der Waals surface area contributed by atoms with E-state index in [1.807, 2.05) is 0 Å². The Bertz CT molecular complexity index is 326. The number of aromatic nitrogens is 4. The van der Waals surface area contributed by atoms with Gasteiger partial charge in [0.1, 0.15) is 0 Å². The van der Waals surface area contributed by atoms with Gasteiger partial charge in [0, 0.05) is 24.8 Å². The summed E-state index contributed by atoms with van der Waals surface area (Å²) in [6.07, 6.45) is 6.12. The first kappa shape index (κ1) is 8.63. The minimum Gasteiger partial charge on any atom is -0.473 e. The van der Waals surface area contributed by atoms with Crippen LogP contribution in [0.15, 0.2) is 24.8 Å². The highest BCUT2D eigenvalue weighted by Gasteiger charge is 2.23. The Morgan fingerprint density at radius 3 is 1.93 bits per heavy atom. The van der Waals surface area contributed by atoms with Gasteiger partial charge in [0.05, 0.1) is 0 Å². The third kappa shape index (κ3) is 2.05. The summed E-state index contributed by atoms with van der Waals surface area (Å²) >= 11 is 0. The average Bonchev–Trinajstić information content (AvgIpc) is 2.76. The molecule has 0 saturated carbocycles. The van der Waals surface area contributed by atoms with Crippen LogP contribution in [0.25, 0.3) is 0 Å². The van der Waals surface area contributed by atoms with E-state index in [4.69, 9.17) is 9.31 Å². The standard InChI is InChI=1S/C6H7BN4O3/c12-7(13-5-8-1-2-9-5)14-6-10-3-4-11-6/h1-4,12H,(H,8,9)(H,10,11). The van der Waals surface area contributed by atoms with Gasteiger partial charge in [-0.25, -0.2) is 9.97 Å². The first-order valence-electron chi connectivity index (χ1n) is 3.85. The summed E-state index contributed by atoms with van der Waals surface area (Å²) in [6, 6.07) is 0.341. The third-order valence-electron chi connectivity index (χ3n) is 1.37. The number of aromatic amines is 2. The molecule has 3 N–H and O–H groups in total. The maximum atomic E-state index is 9.23. The molecular formula is C6H7BN4O3. The molecule has 2 heterocycles. The van der Waals surface area contributed by atoms with E-state index in [2.05, 4.69) is 19.9 Å². The number of rotatable bonds is 4. The van der Waals surface area contributed by atoms with E-state index in [-0.39, 0.29) is 12.0 Å². The first-order chi connectivity index (χ1) is 6.84. The average molecular weight is 194 g/mol. The zero-order valence-corrected chi connectivity index (χ0v) is 7.04. The molecule has 0 amide bonds. The highest BCUT2D eigenvalue weighted by atomic mass is 16.7. The Labute approximate surface area is 79.3 Å². The topological polar surface area (TPSA) is 96.1 Å². The van der Waals surface area contributed by atoms with Gasteiger partial charge < -0.3 is 24.3 Å². The molecule has 0 saturated heterocycles. The molecule has 72 valence electrons. The highest BCUT2D eigenvalue weighted by molar-refractivity contribution is 6.36. The van der Waals surface area contributed by atoms with Crippen molar-refractivity contribution in [3.8, 4) is 12.0 Å². The van der Waals surface area contributed by atoms with Gasteiger partial charge in [0.25, 0.3) is 12.0 Å². The Hall–Kier alpha value is -1.96. The summed E-state index contributed by atoms with van der Waals surface area (Å²) in [5.74, 6) is 0. The molecule has 2 rings (SSSR count). The van der Waals surface area contributed by atoms with E-state index in [0.29, 0.717) is 0 Å². The molecule has 14 heavy (non-hydrogen) atoms. The smallest absolute Gasteiger partial charge is 0.473 e. The van der Waals surface area contributed by atoms with Gasteiger partial charge in [-0.05, 0) is 0 Å². The van der Waals surface area contributed by atoms with Crippen LogP contribution in [-0.2, 0) is 0 Å². The van der Waals surface area contributed by atoms with E-state index >= 15 is 0 Å². The van der Waals surface area contributed by atoms with E-state index < -0.39 is 7.32 Å². The highest BCUT2D eigenvalue weighted by Crippen LogP contribution is 2.03. The Morgan fingerprint density at radius 2 is 1.57 bits per heavy atom. The molecule has 2 aromatic rings. The molecule has 2 aromatic heterocycles. The van der Waals surface area contributed by atoms with Crippen LogP contribution in [0.2, 0.25) is 0 Å². The normalized spacial score (nSPS) is 9.79. The quantitative estimate of drug-likeness (QED) is 0.573. The maximum Gasteiger partial charge on any atom is 0.789 e. The summed E-state index contributed by atoms with van der Waals surface area (Å²) < 4.78 is 9.67. The van der Waals surface area contributed by atoms with E-state index in [9.17, 15) is 5.02 Å². The number of imidazole rings is 2. The molecule has 0 radical (unpaired) electrons. The van der Waals surface area contributed by atoms with Gasteiger partial charge in [0.2, 0.25) is 0 Å². The van der Waals surface area contributed by atoms with Crippen molar-refractivity contribution in [1.82, 2.24) is 19.9 Å². The molecule has 0 atom stereocenters. The minimum absolute atomic E-state index is 0.170. The SMILES string of the molecule is OB(Oc1ncc[nH]1)Oc1ncc[nH]1. The van der Waals surface area contributed by atoms with Crippen molar-refractivity contribution >= 4 is 7.32 Å². The zero-order chi connectivity index (χ0) is 9.80. The first-order valence-corrected chi connectivity index (χ1v) is 3.85. The molecular weight excluding hydrogens is 187 g/mol. The molecule has 0 unspecified atom stereocenters. The number of nitrogens with zero attached hydrogens (tertiary/aromatic N) is 2. The number of hydrogen-bond donors (Lipinski definition) is 3. The summed E-state index contributed by atoms with van der Waals surface area (Å²) in [5.41, 5.74) is 0. The molecule has 0 aliphatic heterocycles. The lowest BCUT2D eigenvalue weighted by Crippen LogP contribution is -2.30. The molecule has 0 aliphatic rings. The predicted octanol–water partition coefficient (Wildman–Crippen LogP) is -0.432. The third-order valence-corrected chi connectivity index (χ3v) is 1.37. The van der Waals surface area contributed by atoms with Gasteiger partial charge in [-0.2, -0.15) is 0 Å². The Morgan fingerprint density at radius 1 is 1.07 bits per heavy atom. The van der Waals surface area contributed by atoms with Crippen molar-refractivity contribution in [1.29, 1.82) is 0 Å². The molecule has 0 fully saturated rings. The van der Waals surface area contributed by atoms with E-state index in [0.717, 1.165) is 0 Å². The van der Waals surface area contributed by atoms with Crippen molar-refractivity contribution in [2.24, 2.45) is 0 Å². The molecule has 8 heteroatoms. The van der Waals surface area contributed by atoms with Crippen LogP contribution in [0.4, 0.5) is 0 Å². The van der Waals surface area contributed by atoms with Crippen LogP contribution < -0.4 is 9.31 Å². The summed E-state index contributed by atoms with van der Waals surface area (Å²) in [6.45, 7) is 0. The fraction of sp³-hybridized carbons (Fsp3) is 0. The minimum atomic E-state index is -1.45. The van der Waals surface area contributed by atoms with E-state index in [1.165, 1.54) is 12.4 Å². The van der Waals surface area contributed by atoms with Crippen molar-refractivity contribution in [2.45, 2.75) is 0 Å². The van der Waals surface area contributed by atoms with Crippen LogP contribution >= 0.6 is 0 Å². The summed E-state index contributed by atoms with van der Waals surface area (Å²) in [7, 11) is -1.45. The lowest BCUT2D eigenvalue weighted by atomic mass is 10.2.